The van der Waals surface area contributed by atoms with Crippen molar-refractivity contribution in [3.05, 3.63) is 120 Å². The van der Waals surface area contributed by atoms with E-state index in [1.165, 1.54) is 19.1 Å². The van der Waals surface area contributed by atoms with Crippen molar-refractivity contribution in [2.45, 2.75) is 76.8 Å². The van der Waals surface area contributed by atoms with Gasteiger partial charge in [-0.2, -0.15) is 0 Å². The lowest BCUT2D eigenvalue weighted by molar-refractivity contribution is -0.137. The number of aliphatic hydroxyl groups is 1. The molecule has 3 rings (SSSR count). The Morgan fingerprint density at radius 1 is 0.809 bits per heavy atom. The highest BCUT2D eigenvalue weighted by molar-refractivity contribution is 5.87. The van der Waals surface area contributed by atoms with Gasteiger partial charge in [0.05, 0.1) is 12.7 Å². The minimum absolute atomic E-state index is 0.0504. The first-order chi connectivity index (χ1) is 22.4. The van der Waals surface area contributed by atoms with E-state index in [0.717, 1.165) is 16.7 Å². The van der Waals surface area contributed by atoms with Crippen molar-refractivity contribution in [2.24, 2.45) is 0 Å². The zero-order valence-electron chi connectivity index (χ0n) is 27.6. The fourth-order valence-corrected chi connectivity index (χ4v) is 5.05. The maximum absolute atomic E-state index is 13.9. The van der Waals surface area contributed by atoms with E-state index in [0.29, 0.717) is 0 Å². The normalized spacial score (nSPS) is 13.6. The number of alkyl carbamates (subject to hydrolysis) is 1. The van der Waals surface area contributed by atoms with Gasteiger partial charge in [0.25, 0.3) is 0 Å². The summed E-state index contributed by atoms with van der Waals surface area (Å²) in [5.74, 6) is -1.66. The van der Waals surface area contributed by atoms with Crippen molar-refractivity contribution in [3.8, 4) is 0 Å². The molecule has 47 heavy (non-hydrogen) atoms. The van der Waals surface area contributed by atoms with Crippen molar-refractivity contribution in [3.63, 3.8) is 0 Å². The monoisotopic (exact) mass is 643 g/mol. The number of aliphatic hydroxyl groups excluding tert-OH is 1. The summed E-state index contributed by atoms with van der Waals surface area (Å²) in [4.78, 5) is 51.7. The summed E-state index contributed by atoms with van der Waals surface area (Å²) in [5.41, 5.74) is 0.702. The molecule has 0 fully saturated rings. The Kier molecular flexibility index (Phi) is 13.3. The van der Waals surface area contributed by atoms with Crippen LogP contribution in [0.4, 0.5) is 4.79 Å². The van der Waals surface area contributed by atoms with E-state index in [-0.39, 0.29) is 25.4 Å². The summed E-state index contributed by atoms with van der Waals surface area (Å²) in [6.45, 7) is 8.21. The summed E-state index contributed by atoms with van der Waals surface area (Å²) in [6.07, 6.45) is 0.479. The van der Waals surface area contributed by atoms with Gasteiger partial charge >= 0.3 is 12.1 Å². The number of esters is 1. The molecule has 0 unspecified atom stereocenters. The zero-order valence-corrected chi connectivity index (χ0v) is 27.6. The van der Waals surface area contributed by atoms with Crippen LogP contribution in [0.2, 0.25) is 0 Å². The Labute approximate surface area is 276 Å². The fourth-order valence-electron chi connectivity index (χ4n) is 5.05. The van der Waals surface area contributed by atoms with Crippen molar-refractivity contribution in [1.29, 1.82) is 0 Å². The highest BCUT2D eigenvalue weighted by atomic mass is 16.6. The Morgan fingerprint density at radius 3 is 1.72 bits per heavy atom. The van der Waals surface area contributed by atoms with Crippen LogP contribution in [0.15, 0.2) is 103 Å². The number of amides is 3. The molecular weight excluding hydrogens is 598 g/mol. The molecule has 0 spiro atoms. The third-order valence-electron chi connectivity index (χ3n) is 7.15. The number of carbonyl (C=O) groups is 4. The molecular formula is C37H45N3O7. The lowest BCUT2D eigenvalue weighted by Gasteiger charge is -2.37. The zero-order chi connectivity index (χ0) is 34.5. The maximum atomic E-state index is 13.9. The molecule has 0 saturated carbocycles. The fraction of sp³-hybridized carbons (Fsp3) is 0.351. The van der Waals surface area contributed by atoms with Gasteiger partial charge in [-0.15, -0.1) is 0 Å². The van der Waals surface area contributed by atoms with Gasteiger partial charge in [-0.05, 0) is 57.7 Å². The van der Waals surface area contributed by atoms with E-state index in [1.54, 1.807) is 27.7 Å². The van der Waals surface area contributed by atoms with E-state index >= 15 is 0 Å². The number of rotatable bonds is 14. The van der Waals surface area contributed by atoms with Crippen molar-refractivity contribution in [1.82, 2.24) is 16.0 Å². The minimum atomic E-state index is -1.36. The molecule has 10 heteroatoms. The van der Waals surface area contributed by atoms with Crippen molar-refractivity contribution < 1.29 is 33.8 Å². The molecule has 3 amide bonds. The molecule has 0 heterocycles. The molecule has 3 aromatic rings. The molecule has 3 atom stereocenters. The summed E-state index contributed by atoms with van der Waals surface area (Å²) < 4.78 is 10.2. The molecule has 0 bridgehead atoms. The van der Waals surface area contributed by atoms with Crippen LogP contribution in [-0.4, -0.2) is 59.4 Å². The molecule has 0 saturated heterocycles. The molecule has 0 radical (unpaired) electrons. The number of hydrogen-bond donors (Lipinski definition) is 4. The van der Waals surface area contributed by atoms with E-state index in [2.05, 4.69) is 16.0 Å². The summed E-state index contributed by atoms with van der Waals surface area (Å²) >= 11 is 0. The number of hydrogen-bond acceptors (Lipinski definition) is 7. The number of carbonyl (C=O) groups excluding carboxylic acids is 4. The van der Waals surface area contributed by atoms with Crippen LogP contribution in [0, 0.1) is 0 Å². The minimum Gasteiger partial charge on any atom is -0.463 e. The van der Waals surface area contributed by atoms with Crippen LogP contribution in [-0.2, 0) is 29.4 Å². The molecule has 0 aliphatic carbocycles. The average Bonchev–Trinajstić information content (AvgIpc) is 3.04. The molecule has 0 aromatic heterocycles. The predicted octanol–water partition coefficient (Wildman–Crippen LogP) is 4.75. The molecule has 4 N–H and O–H groups in total. The topological polar surface area (TPSA) is 143 Å². The van der Waals surface area contributed by atoms with Gasteiger partial charge < -0.3 is 30.5 Å². The third-order valence-corrected chi connectivity index (χ3v) is 7.15. The Bertz CT molecular complexity index is 1390. The number of nitrogens with one attached hydrogen (secondary N) is 3. The summed E-state index contributed by atoms with van der Waals surface area (Å²) in [5, 5.41) is 18.7. The van der Waals surface area contributed by atoms with Crippen LogP contribution in [0.1, 0.15) is 64.2 Å². The van der Waals surface area contributed by atoms with Crippen LogP contribution in [0.5, 0.6) is 0 Å². The molecule has 10 nitrogen and oxygen atoms in total. The summed E-state index contributed by atoms with van der Waals surface area (Å²) in [6, 6.07) is 26.8. The number of ether oxygens (including phenoxy) is 2. The highest BCUT2D eigenvalue weighted by Crippen LogP contribution is 2.37. The molecule has 250 valence electrons. The van der Waals surface area contributed by atoms with E-state index in [9.17, 15) is 24.3 Å². The van der Waals surface area contributed by atoms with Gasteiger partial charge in [-0.3, -0.25) is 9.59 Å². The second kappa shape index (κ2) is 17.1. The standard InChI is InChI=1S/C37H45N3O7/c1-6-46-32(43)25-23-30(38-34(44)33(26(2)41)39-35(45)47-36(3,4)5)22-24-31(42)40-37(27-16-10-7-11-17-27,28-18-12-8-13-19-28)29-20-14-9-15-21-29/h7-21,23,25-26,30,33,41H,6,22,24H2,1-5H3,(H,38,44)(H,39,45)(H,40,42)/b25-23+/t26-,30+,33+/m1/s1. The van der Waals surface area contributed by atoms with Gasteiger partial charge in [0.2, 0.25) is 11.8 Å². The van der Waals surface area contributed by atoms with Gasteiger partial charge in [-0.25, -0.2) is 9.59 Å². The van der Waals surface area contributed by atoms with E-state index < -0.39 is 47.3 Å². The van der Waals surface area contributed by atoms with Gasteiger partial charge in [0, 0.05) is 18.5 Å². The maximum Gasteiger partial charge on any atom is 0.408 e. The Balaban J connectivity index is 1.89. The Hall–Kier alpha value is -4.96. The van der Waals surface area contributed by atoms with Crippen LogP contribution in [0.25, 0.3) is 0 Å². The van der Waals surface area contributed by atoms with Gasteiger partial charge in [0.15, 0.2) is 0 Å². The first-order valence-corrected chi connectivity index (χ1v) is 15.7. The smallest absolute Gasteiger partial charge is 0.408 e. The average molecular weight is 644 g/mol. The van der Waals surface area contributed by atoms with Crippen LogP contribution >= 0.6 is 0 Å². The van der Waals surface area contributed by atoms with Gasteiger partial charge in [-0.1, -0.05) is 97.1 Å². The predicted molar refractivity (Wildman–Crippen MR) is 179 cm³/mol. The largest absolute Gasteiger partial charge is 0.463 e. The third kappa shape index (κ3) is 10.8. The van der Waals surface area contributed by atoms with E-state index in [1.807, 2.05) is 91.0 Å². The van der Waals surface area contributed by atoms with Crippen LogP contribution in [0.3, 0.4) is 0 Å². The second-order valence-electron chi connectivity index (χ2n) is 12.0. The van der Waals surface area contributed by atoms with Crippen molar-refractivity contribution in [2.75, 3.05) is 6.61 Å². The summed E-state index contributed by atoms with van der Waals surface area (Å²) in [7, 11) is 0. The molecule has 0 aliphatic rings. The van der Waals surface area contributed by atoms with Crippen LogP contribution < -0.4 is 16.0 Å². The number of benzene rings is 3. The van der Waals surface area contributed by atoms with Gasteiger partial charge in [0.1, 0.15) is 17.2 Å². The first-order valence-electron chi connectivity index (χ1n) is 15.7. The Morgan fingerprint density at radius 2 is 1.30 bits per heavy atom. The SMILES string of the molecule is CCOC(=O)/C=C/[C@H](CCC(=O)NC(c1ccccc1)(c1ccccc1)c1ccccc1)NC(=O)[C@@H](NC(=O)OC(C)(C)C)[C@@H](C)O. The lowest BCUT2D eigenvalue weighted by atomic mass is 9.77. The quantitative estimate of drug-likeness (QED) is 0.113. The van der Waals surface area contributed by atoms with Crippen molar-refractivity contribution >= 4 is 23.9 Å². The highest BCUT2D eigenvalue weighted by Gasteiger charge is 2.38. The molecule has 0 aliphatic heterocycles. The second-order valence-corrected chi connectivity index (χ2v) is 12.0. The van der Waals surface area contributed by atoms with E-state index in [4.69, 9.17) is 9.47 Å². The lowest BCUT2D eigenvalue weighted by Crippen LogP contribution is -2.55. The molecule has 3 aromatic carbocycles. The first kappa shape index (κ1) is 36.5.